The van der Waals surface area contributed by atoms with E-state index in [4.69, 9.17) is 0 Å². The fourth-order valence-electron chi connectivity index (χ4n) is 4.39. The van der Waals surface area contributed by atoms with Crippen LogP contribution in [0.2, 0.25) is 0 Å². The van der Waals surface area contributed by atoms with Gasteiger partial charge in [-0.05, 0) is 30.1 Å². The van der Waals surface area contributed by atoms with Crippen LogP contribution in [-0.4, -0.2) is 0 Å². The Labute approximate surface area is 142 Å². The van der Waals surface area contributed by atoms with E-state index in [0.29, 0.717) is 0 Å². The van der Waals surface area contributed by atoms with Gasteiger partial charge in [0.25, 0.3) is 0 Å². The molecule has 0 rings (SSSR count). The van der Waals surface area contributed by atoms with Crippen molar-refractivity contribution in [2.75, 3.05) is 0 Å². The molecule has 0 aromatic rings. The highest BCUT2D eigenvalue weighted by Gasteiger charge is 2.29. The first-order valence-corrected chi connectivity index (χ1v) is 10.6. The summed E-state index contributed by atoms with van der Waals surface area (Å²) in [6, 6.07) is 0. The van der Waals surface area contributed by atoms with Crippen LogP contribution in [0.4, 0.5) is 0 Å². The summed E-state index contributed by atoms with van der Waals surface area (Å²) in [5, 5.41) is 0. The van der Waals surface area contributed by atoms with E-state index >= 15 is 0 Å². The predicted molar refractivity (Wildman–Crippen MR) is 103 cm³/mol. The average molecular weight is 311 g/mol. The van der Waals surface area contributed by atoms with Gasteiger partial charge in [-0.1, -0.05) is 112 Å². The molecular formula is C22H46. The molecule has 0 bridgehead atoms. The van der Waals surface area contributed by atoms with Crippen molar-refractivity contribution in [1.82, 2.24) is 0 Å². The second kappa shape index (κ2) is 14.6. The fourth-order valence-corrected chi connectivity index (χ4v) is 4.39. The van der Waals surface area contributed by atoms with Crippen LogP contribution in [0.1, 0.15) is 119 Å². The molecule has 2 unspecified atom stereocenters. The maximum Gasteiger partial charge on any atom is -0.0355 e. The third kappa shape index (κ3) is 9.21. The molecule has 0 aliphatic carbocycles. The van der Waals surface area contributed by atoms with Crippen LogP contribution in [0.5, 0.6) is 0 Å². The van der Waals surface area contributed by atoms with E-state index < -0.39 is 0 Å². The van der Waals surface area contributed by atoms with Crippen molar-refractivity contribution in [1.29, 1.82) is 0 Å². The van der Waals surface area contributed by atoms with Crippen molar-refractivity contribution in [3.05, 3.63) is 0 Å². The first-order valence-electron chi connectivity index (χ1n) is 10.6. The molecule has 0 heteroatoms. The van der Waals surface area contributed by atoms with E-state index in [1.165, 1.54) is 77.0 Å². The highest BCUT2D eigenvalue weighted by atomic mass is 14.3. The van der Waals surface area contributed by atoms with Gasteiger partial charge in [-0.3, -0.25) is 0 Å². The molecule has 134 valence electrons. The van der Waals surface area contributed by atoms with Crippen LogP contribution in [-0.2, 0) is 0 Å². The molecular weight excluding hydrogens is 264 g/mol. The normalized spacial score (nSPS) is 14.7. The standard InChI is InChI=1S/C22H46/c1-7-11-14-16-20(17-15-12-8-2)22(18-13-9-3)21(10-4)19(5)6/h19-22H,7-18H2,1-6H3. The number of hydrogen-bond donors (Lipinski definition) is 0. The molecule has 0 saturated carbocycles. The van der Waals surface area contributed by atoms with Crippen LogP contribution in [0.15, 0.2) is 0 Å². The largest absolute Gasteiger partial charge is 0.0654 e. The summed E-state index contributed by atoms with van der Waals surface area (Å²) in [6.45, 7) is 14.4. The van der Waals surface area contributed by atoms with Crippen LogP contribution in [0.3, 0.4) is 0 Å². The summed E-state index contributed by atoms with van der Waals surface area (Å²) in [4.78, 5) is 0. The average Bonchev–Trinajstić information content (AvgIpc) is 2.50. The van der Waals surface area contributed by atoms with Gasteiger partial charge in [-0.15, -0.1) is 0 Å². The minimum Gasteiger partial charge on any atom is -0.0654 e. The van der Waals surface area contributed by atoms with E-state index in [9.17, 15) is 0 Å². The van der Waals surface area contributed by atoms with Gasteiger partial charge >= 0.3 is 0 Å². The van der Waals surface area contributed by atoms with Crippen LogP contribution in [0, 0.1) is 23.7 Å². The maximum atomic E-state index is 2.46. The highest BCUT2D eigenvalue weighted by Crippen LogP contribution is 2.39. The Morgan fingerprint density at radius 1 is 0.545 bits per heavy atom. The fraction of sp³-hybridized carbons (Fsp3) is 1.00. The van der Waals surface area contributed by atoms with Crippen molar-refractivity contribution in [3.63, 3.8) is 0 Å². The lowest BCUT2D eigenvalue weighted by Gasteiger charge is -2.36. The minimum atomic E-state index is 0.853. The zero-order valence-corrected chi connectivity index (χ0v) is 16.8. The zero-order chi connectivity index (χ0) is 16.8. The molecule has 0 nitrogen and oxygen atoms in total. The van der Waals surface area contributed by atoms with Gasteiger partial charge in [0, 0.05) is 0 Å². The Morgan fingerprint density at radius 2 is 1.05 bits per heavy atom. The van der Waals surface area contributed by atoms with Crippen molar-refractivity contribution in [2.45, 2.75) is 119 Å². The summed E-state index contributed by atoms with van der Waals surface area (Å²) in [5.41, 5.74) is 0. The Balaban J connectivity index is 4.86. The molecule has 0 radical (unpaired) electrons. The van der Waals surface area contributed by atoms with Crippen molar-refractivity contribution >= 4 is 0 Å². The van der Waals surface area contributed by atoms with Gasteiger partial charge in [0.2, 0.25) is 0 Å². The summed E-state index contributed by atoms with van der Waals surface area (Å²) < 4.78 is 0. The highest BCUT2D eigenvalue weighted by molar-refractivity contribution is 4.79. The second-order valence-corrected chi connectivity index (χ2v) is 7.87. The van der Waals surface area contributed by atoms with E-state index in [2.05, 4.69) is 41.5 Å². The van der Waals surface area contributed by atoms with Crippen LogP contribution < -0.4 is 0 Å². The Morgan fingerprint density at radius 3 is 1.41 bits per heavy atom. The predicted octanol–water partition coefficient (Wildman–Crippen LogP) is 8.25. The first kappa shape index (κ1) is 22.0. The molecule has 0 spiro atoms. The van der Waals surface area contributed by atoms with Crippen molar-refractivity contribution in [2.24, 2.45) is 23.7 Å². The summed E-state index contributed by atoms with van der Waals surface area (Å²) in [5.74, 6) is 3.78. The lowest BCUT2D eigenvalue weighted by Crippen LogP contribution is -2.27. The van der Waals surface area contributed by atoms with Gasteiger partial charge in [-0.25, -0.2) is 0 Å². The summed E-state index contributed by atoms with van der Waals surface area (Å²) in [6.07, 6.45) is 17.2. The molecule has 0 aliphatic rings. The van der Waals surface area contributed by atoms with Gasteiger partial charge in [0.15, 0.2) is 0 Å². The first-order chi connectivity index (χ1) is 10.6. The molecule has 0 heterocycles. The molecule has 2 atom stereocenters. The number of rotatable bonds is 15. The van der Waals surface area contributed by atoms with Crippen molar-refractivity contribution < 1.29 is 0 Å². The van der Waals surface area contributed by atoms with Crippen molar-refractivity contribution in [3.8, 4) is 0 Å². The molecule has 0 aromatic heterocycles. The lowest BCUT2D eigenvalue weighted by atomic mass is 9.69. The molecule has 0 aromatic carbocycles. The third-order valence-electron chi connectivity index (χ3n) is 5.73. The zero-order valence-electron chi connectivity index (χ0n) is 16.8. The monoisotopic (exact) mass is 310 g/mol. The van der Waals surface area contributed by atoms with Gasteiger partial charge in [0.1, 0.15) is 0 Å². The maximum absolute atomic E-state index is 2.46. The van der Waals surface area contributed by atoms with E-state index in [1.54, 1.807) is 0 Å². The molecule has 0 saturated heterocycles. The molecule has 0 N–H and O–H groups in total. The quantitative estimate of drug-likeness (QED) is 0.267. The molecule has 0 amide bonds. The van der Waals surface area contributed by atoms with E-state index in [-0.39, 0.29) is 0 Å². The van der Waals surface area contributed by atoms with Crippen LogP contribution in [0.25, 0.3) is 0 Å². The van der Waals surface area contributed by atoms with Gasteiger partial charge in [-0.2, -0.15) is 0 Å². The molecule has 0 fully saturated rings. The third-order valence-corrected chi connectivity index (χ3v) is 5.73. The van der Waals surface area contributed by atoms with Crippen LogP contribution >= 0.6 is 0 Å². The van der Waals surface area contributed by atoms with E-state index in [0.717, 1.165) is 23.7 Å². The summed E-state index contributed by atoms with van der Waals surface area (Å²) in [7, 11) is 0. The van der Waals surface area contributed by atoms with E-state index in [1.807, 2.05) is 0 Å². The van der Waals surface area contributed by atoms with Gasteiger partial charge in [0.05, 0.1) is 0 Å². The Bertz CT molecular complexity index is 208. The molecule has 0 aliphatic heterocycles. The number of hydrogen-bond acceptors (Lipinski definition) is 0. The Hall–Kier alpha value is 0. The minimum absolute atomic E-state index is 0.853. The SMILES string of the molecule is CCCCCC(CCCCC)C(CCCC)C(CC)C(C)C. The number of unbranched alkanes of at least 4 members (excludes halogenated alkanes) is 5. The summed E-state index contributed by atoms with van der Waals surface area (Å²) >= 11 is 0. The van der Waals surface area contributed by atoms with Gasteiger partial charge < -0.3 is 0 Å². The topological polar surface area (TPSA) is 0 Å². The lowest BCUT2D eigenvalue weighted by molar-refractivity contribution is 0.138. The Kier molecular flexibility index (Phi) is 14.6. The smallest absolute Gasteiger partial charge is 0.0355 e. The second-order valence-electron chi connectivity index (χ2n) is 7.87. The molecule has 22 heavy (non-hydrogen) atoms.